The maximum absolute atomic E-state index is 12.6. The number of ketones is 1. The number of hydrogen-bond donors (Lipinski definition) is 1. The summed E-state index contributed by atoms with van der Waals surface area (Å²) in [6.07, 6.45) is 7.17. The normalized spacial score (nSPS) is 34.2. The number of nitrogens with zero attached hydrogens (tertiary/aromatic N) is 2. The van der Waals surface area contributed by atoms with Gasteiger partial charge in [0.1, 0.15) is 11.9 Å². The highest BCUT2D eigenvalue weighted by Crippen LogP contribution is 2.34. The van der Waals surface area contributed by atoms with Gasteiger partial charge in [0.15, 0.2) is 0 Å². The molecule has 1 N–H and O–H groups in total. The first-order valence-electron chi connectivity index (χ1n) is 11.5. The lowest BCUT2D eigenvalue weighted by Crippen LogP contribution is -2.26. The molecule has 1 aromatic rings. The second kappa shape index (κ2) is 10.6. The first-order chi connectivity index (χ1) is 14.7. The molecule has 7 nitrogen and oxygen atoms in total. The van der Waals surface area contributed by atoms with E-state index in [4.69, 9.17) is 9.47 Å². The van der Waals surface area contributed by atoms with Crippen molar-refractivity contribution in [2.75, 3.05) is 0 Å². The molecule has 0 bridgehead atoms. The van der Waals surface area contributed by atoms with Crippen molar-refractivity contribution in [1.29, 1.82) is 0 Å². The zero-order valence-corrected chi connectivity index (χ0v) is 19.1. The molecule has 2 aliphatic rings. The third kappa shape index (κ3) is 7.01. The Hall–Kier alpha value is -1.99. The minimum Gasteiger partial charge on any atom is -0.458 e. The average molecular weight is 433 g/mol. The summed E-state index contributed by atoms with van der Waals surface area (Å²) in [5.74, 6) is -0.506. The Balaban J connectivity index is 1.70. The highest BCUT2D eigenvalue weighted by Gasteiger charge is 2.41. The van der Waals surface area contributed by atoms with Crippen molar-refractivity contribution in [2.24, 2.45) is 18.9 Å². The van der Waals surface area contributed by atoms with Crippen molar-refractivity contribution >= 4 is 17.8 Å². The van der Waals surface area contributed by atoms with Gasteiger partial charge in [0.05, 0.1) is 24.0 Å². The smallest absolute Gasteiger partial charge is 0.306 e. The fourth-order valence-corrected chi connectivity index (χ4v) is 4.17. The Morgan fingerprint density at radius 1 is 1.23 bits per heavy atom. The van der Waals surface area contributed by atoms with E-state index < -0.39 is 6.10 Å². The number of aromatic nitrogens is 2. The van der Waals surface area contributed by atoms with E-state index in [2.05, 4.69) is 5.10 Å². The van der Waals surface area contributed by atoms with Crippen LogP contribution in [0.2, 0.25) is 0 Å². The van der Waals surface area contributed by atoms with Crippen LogP contribution in [-0.4, -0.2) is 51.1 Å². The van der Waals surface area contributed by atoms with Gasteiger partial charge in [0.2, 0.25) is 0 Å². The predicted molar refractivity (Wildman–Crippen MR) is 117 cm³/mol. The van der Waals surface area contributed by atoms with Crippen LogP contribution < -0.4 is 0 Å². The maximum atomic E-state index is 12.6. The molecule has 7 heteroatoms. The van der Waals surface area contributed by atoms with E-state index in [0.29, 0.717) is 12.8 Å². The van der Waals surface area contributed by atoms with Crippen LogP contribution in [0, 0.1) is 11.8 Å². The molecule has 172 valence electrons. The number of carbonyl (C=O) groups excluding carboxylic acids is 2. The molecule has 4 unspecified atom stereocenters. The Labute approximate surface area is 184 Å². The summed E-state index contributed by atoms with van der Waals surface area (Å²) in [5, 5.41) is 14.7. The molecule has 0 spiro atoms. The summed E-state index contributed by atoms with van der Waals surface area (Å²) in [6.45, 7) is 5.77. The number of carbonyl (C=O) groups is 2. The lowest BCUT2D eigenvalue weighted by Gasteiger charge is -2.21. The summed E-state index contributed by atoms with van der Waals surface area (Å²) < 4.78 is 13.4. The number of esters is 1. The lowest BCUT2D eigenvalue weighted by atomic mass is 9.89. The molecule has 2 fully saturated rings. The molecule has 0 aliphatic carbocycles. The molecule has 0 amide bonds. The number of epoxide rings is 1. The molecule has 6 atom stereocenters. The molecular formula is C24H36N2O5. The molecule has 0 aromatic carbocycles. The second-order valence-corrected chi connectivity index (χ2v) is 9.32. The predicted octanol–water partition coefficient (Wildman–Crippen LogP) is 3.45. The number of ether oxygens (including phenoxy) is 2. The van der Waals surface area contributed by atoms with Crippen LogP contribution in [0.5, 0.6) is 0 Å². The van der Waals surface area contributed by atoms with Crippen LogP contribution in [0.1, 0.15) is 71.4 Å². The van der Waals surface area contributed by atoms with Crippen LogP contribution in [0.3, 0.4) is 0 Å². The molecule has 2 saturated heterocycles. The van der Waals surface area contributed by atoms with Crippen molar-refractivity contribution in [3.63, 3.8) is 0 Å². The van der Waals surface area contributed by atoms with E-state index in [1.54, 1.807) is 4.68 Å². The Morgan fingerprint density at radius 2 is 2.00 bits per heavy atom. The van der Waals surface area contributed by atoms with E-state index in [-0.39, 0.29) is 54.7 Å². The van der Waals surface area contributed by atoms with E-state index >= 15 is 0 Å². The standard InChI is InChI=1S/C24H36N2O5/c1-15-6-5-7-21-23(30-21)14-22(17(3)12-18-10-11-26(4)25-18)31-24(29)9-8-16(2)20(28)13-19(15)27/h10-12,15-16,19,21-23,27H,5-9,13-14H2,1-4H3/b17-12+/t15-,16?,19+,21?,22?,23?/m0/s1. The van der Waals surface area contributed by atoms with Gasteiger partial charge in [0.25, 0.3) is 0 Å². The fraction of sp³-hybridized carbons (Fsp3) is 0.708. The number of hydrogen-bond acceptors (Lipinski definition) is 6. The van der Waals surface area contributed by atoms with Gasteiger partial charge < -0.3 is 14.6 Å². The highest BCUT2D eigenvalue weighted by atomic mass is 16.6. The van der Waals surface area contributed by atoms with Gasteiger partial charge in [-0.25, -0.2) is 0 Å². The van der Waals surface area contributed by atoms with E-state index in [9.17, 15) is 14.7 Å². The first kappa shape index (κ1) is 23.7. The first-order valence-corrected chi connectivity index (χ1v) is 11.5. The van der Waals surface area contributed by atoms with Gasteiger partial charge >= 0.3 is 5.97 Å². The molecule has 1 aromatic heterocycles. The molecular weight excluding hydrogens is 396 g/mol. The quantitative estimate of drug-likeness (QED) is 0.568. The second-order valence-electron chi connectivity index (χ2n) is 9.32. The number of cyclic esters (lactones) is 1. The Morgan fingerprint density at radius 3 is 2.71 bits per heavy atom. The van der Waals surface area contributed by atoms with Crippen LogP contribution in [0.4, 0.5) is 0 Å². The number of Topliss-reactive ketones (excluding diaryl/α,β-unsaturated/α-hetero) is 1. The van der Waals surface area contributed by atoms with Gasteiger partial charge in [-0.3, -0.25) is 14.3 Å². The monoisotopic (exact) mass is 432 g/mol. The van der Waals surface area contributed by atoms with E-state index in [1.807, 2.05) is 46.2 Å². The van der Waals surface area contributed by atoms with Crippen LogP contribution in [0.15, 0.2) is 17.8 Å². The van der Waals surface area contributed by atoms with Crippen molar-refractivity contribution in [1.82, 2.24) is 9.78 Å². The van der Waals surface area contributed by atoms with Crippen molar-refractivity contribution in [2.45, 2.75) is 90.1 Å². The number of aliphatic hydroxyl groups is 1. The van der Waals surface area contributed by atoms with E-state index in [1.165, 1.54) is 0 Å². The highest BCUT2D eigenvalue weighted by molar-refractivity contribution is 5.81. The Bertz CT molecular complexity index is 802. The van der Waals surface area contributed by atoms with Gasteiger partial charge in [-0.05, 0) is 49.8 Å². The Kier molecular flexibility index (Phi) is 8.06. The summed E-state index contributed by atoms with van der Waals surface area (Å²) in [7, 11) is 1.87. The molecule has 0 saturated carbocycles. The minimum atomic E-state index is -0.630. The summed E-state index contributed by atoms with van der Waals surface area (Å²) in [4.78, 5) is 25.0. The number of aryl methyl sites for hydroxylation is 1. The molecule has 3 rings (SSSR count). The number of fused-ring (bicyclic) bond motifs is 1. The van der Waals surface area contributed by atoms with Crippen molar-refractivity contribution in [3.8, 4) is 0 Å². The molecule has 31 heavy (non-hydrogen) atoms. The van der Waals surface area contributed by atoms with Crippen molar-refractivity contribution in [3.05, 3.63) is 23.5 Å². The fourth-order valence-electron chi connectivity index (χ4n) is 4.17. The summed E-state index contributed by atoms with van der Waals surface area (Å²) >= 11 is 0. The SMILES string of the molecule is C/C(=C\c1ccn(C)n1)C1CC2OC2CCC[C@H](C)[C@H](O)CC(=O)C(C)CCC(=O)O1. The minimum absolute atomic E-state index is 0.00705. The third-order valence-electron chi connectivity index (χ3n) is 6.57. The largest absolute Gasteiger partial charge is 0.458 e. The third-order valence-corrected chi connectivity index (χ3v) is 6.57. The number of rotatable bonds is 2. The van der Waals surface area contributed by atoms with Gasteiger partial charge in [-0.2, -0.15) is 5.10 Å². The summed E-state index contributed by atoms with van der Waals surface area (Å²) in [6, 6.07) is 1.92. The average Bonchev–Trinajstić information content (AvgIpc) is 3.32. The maximum Gasteiger partial charge on any atom is 0.306 e. The van der Waals surface area contributed by atoms with Crippen LogP contribution in [-0.2, 0) is 26.1 Å². The zero-order valence-electron chi connectivity index (χ0n) is 19.1. The van der Waals surface area contributed by atoms with Crippen LogP contribution >= 0.6 is 0 Å². The number of aliphatic hydroxyl groups excluding tert-OH is 1. The molecule has 2 aliphatic heterocycles. The molecule has 3 heterocycles. The van der Waals surface area contributed by atoms with Crippen LogP contribution in [0.25, 0.3) is 6.08 Å². The van der Waals surface area contributed by atoms with Crippen molar-refractivity contribution < 1.29 is 24.2 Å². The molecule has 0 radical (unpaired) electrons. The van der Waals surface area contributed by atoms with E-state index in [0.717, 1.165) is 30.5 Å². The summed E-state index contributed by atoms with van der Waals surface area (Å²) in [5.41, 5.74) is 1.76. The van der Waals surface area contributed by atoms with Gasteiger partial charge in [-0.15, -0.1) is 0 Å². The van der Waals surface area contributed by atoms with Gasteiger partial charge in [-0.1, -0.05) is 20.3 Å². The zero-order chi connectivity index (χ0) is 22.5. The van der Waals surface area contributed by atoms with Gasteiger partial charge in [0, 0.05) is 38.4 Å². The topological polar surface area (TPSA) is 94.0 Å². The lowest BCUT2D eigenvalue weighted by molar-refractivity contribution is -0.148.